The van der Waals surface area contributed by atoms with Crippen LogP contribution in [0.5, 0.6) is 0 Å². The maximum atomic E-state index is 12.2. The molecule has 0 bridgehead atoms. The van der Waals surface area contributed by atoms with Crippen LogP contribution >= 0.6 is 0 Å². The van der Waals surface area contributed by atoms with Gasteiger partial charge in [0, 0.05) is 20.4 Å². The molecule has 18 heavy (non-hydrogen) atoms. The third-order valence-corrected chi connectivity index (χ3v) is 3.41. The van der Waals surface area contributed by atoms with Gasteiger partial charge in [0.25, 0.3) is 5.91 Å². The number of carbonyl (C=O) groups excluding carboxylic acids is 1. The second-order valence-electron chi connectivity index (χ2n) is 4.46. The van der Waals surface area contributed by atoms with Gasteiger partial charge in [-0.05, 0) is 25.3 Å². The highest BCUT2D eigenvalue weighted by Gasteiger charge is 2.29. The molecule has 2 N–H and O–H groups in total. The summed E-state index contributed by atoms with van der Waals surface area (Å²) in [6, 6.07) is 1.83. The van der Waals surface area contributed by atoms with Crippen LogP contribution in [0.4, 0.5) is 5.69 Å². The molecule has 2 atom stereocenters. The number of anilines is 1. The van der Waals surface area contributed by atoms with E-state index in [0.717, 1.165) is 24.9 Å². The van der Waals surface area contributed by atoms with Gasteiger partial charge in [-0.3, -0.25) is 9.78 Å². The van der Waals surface area contributed by atoms with E-state index >= 15 is 0 Å². The molecular weight excluding hydrogens is 230 g/mol. The molecule has 1 aromatic heterocycles. The zero-order valence-corrected chi connectivity index (χ0v) is 10.8. The number of amides is 1. The Morgan fingerprint density at radius 1 is 1.50 bits per heavy atom. The van der Waals surface area contributed by atoms with Gasteiger partial charge in [-0.15, -0.1) is 0 Å². The minimum atomic E-state index is -0.0734. The van der Waals surface area contributed by atoms with Crippen molar-refractivity contribution in [2.24, 2.45) is 0 Å². The fourth-order valence-electron chi connectivity index (χ4n) is 2.41. The van der Waals surface area contributed by atoms with Gasteiger partial charge in [0.05, 0.1) is 29.6 Å². The van der Waals surface area contributed by atoms with Crippen molar-refractivity contribution < 1.29 is 9.53 Å². The lowest BCUT2D eigenvalue weighted by Crippen LogP contribution is -2.40. The van der Waals surface area contributed by atoms with Gasteiger partial charge in [-0.1, -0.05) is 0 Å². The monoisotopic (exact) mass is 249 g/mol. The Labute approximate surface area is 107 Å². The lowest BCUT2D eigenvalue weighted by molar-refractivity contribution is 0.0722. The van der Waals surface area contributed by atoms with E-state index in [1.165, 1.54) is 0 Å². The molecule has 5 nitrogen and oxygen atoms in total. The summed E-state index contributed by atoms with van der Waals surface area (Å²) in [6.07, 6.45) is 6.49. The first-order chi connectivity index (χ1) is 8.76. The molecule has 0 aliphatic heterocycles. The zero-order chi connectivity index (χ0) is 13.0. The molecule has 2 unspecified atom stereocenters. The number of rotatable bonds is 4. The van der Waals surface area contributed by atoms with Crippen LogP contribution < -0.4 is 10.6 Å². The van der Waals surface area contributed by atoms with Crippen LogP contribution in [0.3, 0.4) is 0 Å². The van der Waals surface area contributed by atoms with Gasteiger partial charge in [-0.25, -0.2) is 0 Å². The molecular formula is C13H19N3O2. The molecule has 0 aromatic carbocycles. The summed E-state index contributed by atoms with van der Waals surface area (Å²) >= 11 is 0. The molecule has 1 fully saturated rings. The first-order valence-corrected chi connectivity index (χ1v) is 6.21. The minimum absolute atomic E-state index is 0.0734. The van der Waals surface area contributed by atoms with Gasteiger partial charge in [0.15, 0.2) is 0 Å². The van der Waals surface area contributed by atoms with E-state index in [1.807, 2.05) is 0 Å². The van der Waals surface area contributed by atoms with Crippen LogP contribution in [0, 0.1) is 0 Å². The summed E-state index contributed by atoms with van der Waals surface area (Å²) in [6.45, 7) is 0. The second-order valence-corrected chi connectivity index (χ2v) is 4.46. The highest BCUT2D eigenvalue weighted by Crippen LogP contribution is 2.22. The van der Waals surface area contributed by atoms with Crippen molar-refractivity contribution in [3.63, 3.8) is 0 Å². The van der Waals surface area contributed by atoms with E-state index < -0.39 is 0 Å². The van der Waals surface area contributed by atoms with E-state index in [-0.39, 0.29) is 18.1 Å². The summed E-state index contributed by atoms with van der Waals surface area (Å²) in [7, 11) is 3.47. The molecule has 1 saturated carbocycles. The number of nitrogens with one attached hydrogen (secondary N) is 2. The number of methoxy groups -OCH3 is 1. The lowest BCUT2D eigenvalue weighted by atomic mass is 10.1. The smallest absolute Gasteiger partial charge is 0.253 e. The molecule has 98 valence electrons. The fourth-order valence-corrected chi connectivity index (χ4v) is 2.41. The average molecular weight is 249 g/mol. The van der Waals surface area contributed by atoms with Crippen LogP contribution in [-0.2, 0) is 4.74 Å². The Kier molecular flexibility index (Phi) is 4.15. The van der Waals surface area contributed by atoms with E-state index in [9.17, 15) is 4.79 Å². The summed E-state index contributed by atoms with van der Waals surface area (Å²) in [5.41, 5.74) is 1.36. The van der Waals surface area contributed by atoms with E-state index in [4.69, 9.17) is 4.74 Å². The van der Waals surface area contributed by atoms with Crippen molar-refractivity contribution in [2.75, 3.05) is 19.5 Å². The van der Waals surface area contributed by atoms with Gasteiger partial charge < -0.3 is 15.4 Å². The van der Waals surface area contributed by atoms with Crippen LogP contribution in [0.25, 0.3) is 0 Å². The summed E-state index contributed by atoms with van der Waals surface area (Å²) in [4.78, 5) is 16.2. The minimum Gasteiger partial charge on any atom is -0.386 e. The third kappa shape index (κ3) is 2.61. The number of hydrogen-bond acceptors (Lipinski definition) is 4. The van der Waals surface area contributed by atoms with Crippen LogP contribution in [0.2, 0.25) is 0 Å². The van der Waals surface area contributed by atoms with Crippen LogP contribution in [0.15, 0.2) is 18.5 Å². The second kappa shape index (κ2) is 5.82. The molecule has 1 aromatic rings. The molecule has 1 aliphatic rings. The summed E-state index contributed by atoms with van der Waals surface area (Å²) < 4.78 is 5.37. The van der Waals surface area contributed by atoms with Crippen molar-refractivity contribution in [2.45, 2.75) is 31.4 Å². The van der Waals surface area contributed by atoms with E-state index in [2.05, 4.69) is 15.6 Å². The normalized spacial score (nSPS) is 22.8. The van der Waals surface area contributed by atoms with Crippen molar-refractivity contribution >= 4 is 11.6 Å². The predicted molar refractivity (Wildman–Crippen MR) is 69.7 cm³/mol. The Balaban J connectivity index is 2.07. The topological polar surface area (TPSA) is 63.2 Å². The Morgan fingerprint density at radius 3 is 3.06 bits per heavy atom. The van der Waals surface area contributed by atoms with Crippen LogP contribution in [-0.4, -0.2) is 37.2 Å². The Hall–Kier alpha value is -1.62. The van der Waals surface area contributed by atoms with Crippen LogP contribution in [0.1, 0.15) is 29.6 Å². The number of carbonyl (C=O) groups is 1. The third-order valence-electron chi connectivity index (χ3n) is 3.41. The Morgan fingerprint density at radius 2 is 2.33 bits per heavy atom. The number of aromatic nitrogens is 1. The first kappa shape index (κ1) is 12.8. The molecule has 1 aliphatic carbocycles. The largest absolute Gasteiger partial charge is 0.386 e. The summed E-state index contributed by atoms with van der Waals surface area (Å²) in [5.74, 6) is -0.0734. The molecule has 5 heteroatoms. The van der Waals surface area contributed by atoms with Crippen molar-refractivity contribution in [3.05, 3.63) is 24.0 Å². The van der Waals surface area contributed by atoms with Crippen molar-refractivity contribution in [1.82, 2.24) is 10.3 Å². The van der Waals surface area contributed by atoms with Crippen molar-refractivity contribution in [1.29, 1.82) is 0 Å². The fraction of sp³-hybridized carbons (Fsp3) is 0.538. The first-order valence-electron chi connectivity index (χ1n) is 6.21. The standard InChI is InChI=1S/C13H19N3O2/c1-14-11-8-15-7-6-9(11)13(17)16-10-4-3-5-12(10)18-2/h6-8,10,12,14H,3-5H2,1-2H3,(H,16,17). The highest BCUT2D eigenvalue weighted by atomic mass is 16.5. The zero-order valence-electron chi connectivity index (χ0n) is 10.8. The number of hydrogen-bond donors (Lipinski definition) is 2. The quantitative estimate of drug-likeness (QED) is 0.847. The number of nitrogens with zero attached hydrogens (tertiary/aromatic N) is 1. The molecule has 1 amide bonds. The number of pyridine rings is 1. The molecule has 2 rings (SSSR count). The van der Waals surface area contributed by atoms with Gasteiger partial charge in [0.2, 0.25) is 0 Å². The van der Waals surface area contributed by atoms with Gasteiger partial charge in [0.1, 0.15) is 0 Å². The van der Waals surface area contributed by atoms with Crippen molar-refractivity contribution in [3.8, 4) is 0 Å². The predicted octanol–water partition coefficient (Wildman–Crippen LogP) is 1.42. The maximum absolute atomic E-state index is 12.2. The van der Waals surface area contributed by atoms with Gasteiger partial charge in [-0.2, -0.15) is 0 Å². The van der Waals surface area contributed by atoms with Gasteiger partial charge >= 0.3 is 0 Å². The van der Waals surface area contributed by atoms with E-state index in [1.54, 1.807) is 32.6 Å². The Bertz CT molecular complexity index is 422. The average Bonchev–Trinajstić information content (AvgIpc) is 2.85. The van der Waals surface area contributed by atoms with E-state index in [0.29, 0.717) is 5.56 Å². The summed E-state index contributed by atoms with van der Waals surface area (Å²) in [5, 5.41) is 6.01. The number of ether oxygens (including phenoxy) is 1. The molecule has 0 radical (unpaired) electrons. The maximum Gasteiger partial charge on any atom is 0.253 e. The molecule has 1 heterocycles. The lowest BCUT2D eigenvalue weighted by Gasteiger charge is -2.20. The SMILES string of the molecule is CNc1cnccc1C(=O)NC1CCCC1OC. The highest BCUT2D eigenvalue weighted by molar-refractivity contribution is 5.99. The molecule has 0 spiro atoms. The molecule has 0 saturated heterocycles.